The maximum absolute atomic E-state index is 10.3. The van der Waals surface area contributed by atoms with Crippen LogP contribution in [0, 0.1) is 0 Å². The summed E-state index contributed by atoms with van der Waals surface area (Å²) >= 11 is 0. The van der Waals surface area contributed by atoms with Crippen LogP contribution in [0.25, 0.3) is 0 Å². The summed E-state index contributed by atoms with van der Waals surface area (Å²) in [6.45, 7) is 1.78. The van der Waals surface area contributed by atoms with Crippen LogP contribution >= 0.6 is 0 Å². The molecule has 2 nitrogen and oxygen atoms in total. The van der Waals surface area contributed by atoms with Gasteiger partial charge in [0.15, 0.2) is 0 Å². The van der Waals surface area contributed by atoms with Crippen LogP contribution in [0.5, 0.6) is 0 Å². The summed E-state index contributed by atoms with van der Waals surface area (Å²) in [6.07, 6.45) is 2.95. The Bertz CT molecular complexity index is 295. The fourth-order valence-electron chi connectivity index (χ4n) is 0.662. The van der Waals surface area contributed by atoms with Crippen LogP contribution in [0.3, 0.4) is 0 Å². The van der Waals surface area contributed by atoms with Gasteiger partial charge in [-0.05, 0) is 13.0 Å². The van der Waals surface area contributed by atoms with Crippen molar-refractivity contribution in [2.75, 3.05) is 0 Å². The Morgan fingerprint density at radius 1 is 1.70 bits per heavy atom. The van der Waals surface area contributed by atoms with Crippen LogP contribution in [0.1, 0.15) is 6.92 Å². The summed E-state index contributed by atoms with van der Waals surface area (Å²) < 4.78 is 0. The van der Waals surface area contributed by atoms with Crippen LogP contribution in [0.2, 0.25) is 0 Å². The molecule has 0 aromatic carbocycles. The zero-order valence-corrected chi connectivity index (χ0v) is 5.51. The third kappa shape index (κ3) is 1.26. The van der Waals surface area contributed by atoms with E-state index in [0.717, 1.165) is 5.57 Å². The van der Waals surface area contributed by atoms with Gasteiger partial charge in [0.25, 0.3) is 0 Å². The molecule has 0 aromatic heterocycles. The fraction of sp³-hybridized carbons (Fsp3) is 0.125. The van der Waals surface area contributed by atoms with Crippen molar-refractivity contribution in [2.45, 2.75) is 6.92 Å². The van der Waals surface area contributed by atoms with Gasteiger partial charge in [-0.1, -0.05) is 11.5 Å². The first-order valence-corrected chi connectivity index (χ1v) is 2.83. The Morgan fingerprint density at radius 3 is 2.80 bits per heavy atom. The van der Waals surface area contributed by atoms with E-state index in [1.54, 1.807) is 13.0 Å². The van der Waals surface area contributed by atoms with E-state index < -0.39 is 5.97 Å². The van der Waals surface area contributed by atoms with E-state index in [2.05, 4.69) is 11.5 Å². The van der Waals surface area contributed by atoms with Crippen molar-refractivity contribution in [1.82, 2.24) is 0 Å². The molecule has 50 valence electrons. The molecule has 0 fully saturated rings. The minimum atomic E-state index is -0.923. The molecule has 0 spiro atoms. The molecule has 1 rings (SSSR count). The fourth-order valence-corrected chi connectivity index (χ4v) is 0.662. The lowest BCUT2D eigenvalue weighted by Crippen LogP contribution is -1.97. The van der Waals surface area contributed by atoms with Gasteiger partial charge in [0.2, 0.25) is 0 Å². The number of rotatable bonds is 1. The van der Waals surface area contributed by atoms with Gasteiger partial charge in [-0.25, -0.2) is 4.79 Å². The molecule has 0 bridgehead atoms. The number of hydrogen-bond acceptors (Lipinski definition) is 1. The Balaban J connectivity index is 3.03. The maximum Gasteiger partial charge on any atom is 0.336 e. The lowest BCUT2D eigenvalue weighted by Gasteiger charge is -1.93. The molecule has 1 aliphatic carbocycles. The van der Waals surface area contributed by atoms with Gasteiger partial charge in [-0.15, -0.1) is 0 Å². The highest BCUT2D eigenvalue weighted by atomic mass is 16.4. The van der Waals surface area contributed by atoms with Crippen LogP contribution < -0.4 is 0 Å². The van der Waals surface area contributed by atoms with Gasteiger partial charge in [-0.3, -0.25) is 0 Å². The predicted octanol–water partition coefficient (Wildman–Crippen LogP) is 1.27. The molecule has 0 heterocycles. The first kappa shape index (κ1) is 6.63. The third-order valence-corrected chi connectivity index (χ3v) is 1.12. The molecule has 0 radical (unpaired) electrons. The predicted molar refractivity (Wildman–Crippen MR) is 36.5 cm³/mol. The number of aliphatic carboxylic acids is 1. The van der Waals surface area contributed by atoms with Crippen LogP contribution in [0.4, 0.5) is 0 Å². The Kier molecular flexibility index (Phi) is 1.59. The van der Waals surface area contributed by atoms with Gasteiger partial charge in [0.1, 0.15) is 0 Å². The first-order valence-electron chi connectivity index (χ1n) is 2.83. The number of carboxylic acid groups (broad SMARTS) is 1. The van der Waals surface area contributed by atoms with Crippen molar-refractivity contribution in [3.63, 3.8) is 0 Å². The standard InChI is InChI=1S/C8H6O2/c1-6-3-2-4-7(5-6)8(9)10/h4-5H,1H3,(H,9,10). The number of carboxylic acids is 1. The average Bonchev–Trinajstić information content (AvgIpc) is 1.88. The summed E-state index contributed by atoms with van der Waals surface area (Å²) in [6, 6.07) is 0. The second-order valence-corrected chi connectivity index (χ2v) is 2.00. The van der Waals surface area contributed by atoms with Crippen molar-refractivity contribution in [1.29, 1.82) is 0 Å². The second kappa shape index (κ2) is 2.40. The summed E-state index contributed by atoms with van der Waals surface area (Å²) in [7, 11) is 0. The number of hydrogen-bond donors (Lipinski definition) is 1. The van der Waals surface area contributed by atoms with Crippen molar-refractivity contribution in [3.05, 3.63) is 34.8 Å². The lowest BCUT2D eigenvalue weighted by molar-refractivity contribution is -0.132. The normalized spacial score (nSPS) is 14.5. The Hall–Kier alpha value is -1.49. The molecule has 2 heteroatoms. The third-order valence-electron chi connectivity index (χ3n) is 1.12. The minimum absolute atomic E-state index is 0.260. The zero-order valence-electron chi connectivity index (χ0n) is 5.51. The quantitative estimate of drug-likeness (QED) is 0.548. The highest BCUT2D eigenvalue weighted by molar-refractivity contribution is 5.90. The molecule has 1 N–H and O–H groups in total. The maximum atomic E-state index is 10.3. The van der Waals surface area contributed by atoms with E-state index in [9.17, 15) is 4.79 Å². The molecule has 10 heavy (non-hydrogen) atoms. The van der Waals surface area contributed by atoms with Crippen LogP contribution in [-0.4, -0.2) is 11.1 Å². The van der Waals surface area contributed by atoms with Gasteiger partial charge >= 0.3 is 5.97 Å². The van der Waals surface area contributed by atoms with E-state index in [-0.39, 0.29) is 5.57 Å². The SMILES string of the molecule is CC1=C=C=CC(C(=O)O)=C1. The molecule has 0 aromatic rings. The van der Waals surface area contributed by atoms with Crippen molar-refractivity contribution in [3.8, 4) is 0 Å². The van der Waals surface area contributed by atoms with E-state index >= 15 is 0 Å². The monoisotopic (exact) mass is 134 g/mol. The Morgan fingerprint density at radius 2 is 2.40 bits per heavy atom. The van der Waals surface area contributed by atoms with Gasteiger partial charge in [0.05, 0.1) is 5.57 Å². The lowest BCUT2D eigenvalue weighted by atomic mass is 10.1. The minimum Gasteiger partial charge on any atom is -0.478 e. The topological polar surface area (TPSA) is 37.3 Å². The van der Waals surface area contributed by atoms with Crippen molar-refractivity contribution in [2.24, 2.45) is 0 Å². The molecule has 0 saturated carbocycles. The Labute approximate surface area is 58.5 Å². The van der Waals surface area contributed by atoms with Crippen LogP contribution in [0.15, 0.2) is 34.8 Å². The van der Waals surface area contributed by atoms with Gasteiger partial charge < -0.3 is 5.11 Å². The molecule has 0 aliphatic heterocycles. The largest absolute Gasteiger partial charge is 0.478 e. The molecular formula is C8H6O2. The van der Waals surface area contributed by atoms with Crippen molar-refractivity contribution >= 4 is 5.97 Å². The summed E-state index contributed by atoms with van der Waals surface area (Å²) in [5.74, 6) is -0.923. The van der Waals surface area contributed by atoms with E-state index in [4.69, 9.17) is 5.11 Å². The highest BCUT2D eigenvalue weighted by Gasteiger charge is 2.03. The number of allylic oxidation sites excluding steroid dienone is 2. The van der Waals surface area contributed by atoms with Crippen molar-refractivity contribution < 1.29 is 9.90 Å². The van der Waals surface area contributed by atoms with Crippen LogP contribution in [-0.2, 0) is 4.79 Å². The van der Waals surface area contributed by atoms with Gasteiger partial charge in [0, 0.05) is 11.6 Å². The van der Waals surface area contributed by atoms with E-state index in [1.165, 1.54) is 6.08 Å². The summed E-state index contributed by atoms with van der Waals surface area (Å²) in [5.41, 5.74) is 6.39. The van der Waals surface area contributed by atoms with E-state index in [1.807, 2.05) is 0 Å². The van der Waals surface area contributed by atoms with Gasteiger partial charge in [-0.2, -0.15) is 0 Å². The molecule has 0 saturated heterocycles. The molecule has 1 aliphatic rings. The molecule has 0 unspecified atom stereocenters. The molecule has 0 atom stereocenters. The zero-order chi connectivity index (χ0) is 7.56. The first-order chi connectivity index (χ1) is 4.70. The molecule has 0 amide bonds. The summed E-state index contributed by atoms with van der Waals surface area (Å²) in [4.78, 5) is 10.3. The molecular weight excluding hydrogens is 128 g/mol. The smallest absolute Gasteiger partial charge is 0.336 e. The van der Waals surface area contributed by atoms with E-state index in [0.29, 0.717) is 0 Å². The second-order valence-electron chi connectivity index (χ2n) is 2.00. The average molecular weight is 134 g/mol. The highest BCUT2D eigenvalue weighted by Crippen LogP contribution is 2.05. The summed E-state index contributed by atoms with van der Waals surface area (Å²) in [5, 5.41) is 8.48. The number of carbonyl (C=O) groups is 1.